The Labute approximate surface area is 177 Å². The number of nitrogens with one attached hydrogen (secondary N) is 1. The smallest absolute Gasteiger partial charge is 0.319 e. The molecule has 0 radical (unpaired) electrons. The van der Waals surface area contributed by atoms with Crippen LogP contribution in [0.25, 0.3) is 0 Å². The van der Waals surface area contributed by atoms with Crippen LogP contribution in [0.2, 0.25) is 0 Å². The number of anilines is 1. The Kier molecular flexibility index (Phi) is 5.65. The predicted molar refractivity (Wildman–Crippen MR) is 114 cm³/mol. The molecule has 6 heteroatoms. The molecule has 0 spiro atoms. The summed E-state index contributed by atoms with van der Waals surface area (Å²) in [5, 5.41) is 3.51. The number of ether oxygens (including phenoxy) is 1. The molecule has 4 rings (SSSR count). The number of carbonyl (C=O) groups excluding carboxylic acids is 1. The van der Waals surface area contributed by atoms with Crippen LogP contribution in [-0.2, 0) is 9.53 Å². The summed E-state index contributed by atoms with van der Waals surface area (Å²) >= 11 is 3.56. The molecule has 0 amide bonds. The van der Waals surface area contributed by atoms with Crippen molar-refractivity contribution < 1.29 is 13.9 Å². The summed E-state index contributed by atoms with van der Waals surface area (Å²) in [6.45, 7) is 0.0804. The number of rotatable bonds is 4. The first-order valence-corrected chi connectivity index (χ1v) is 10.0. The molecule has 0 aliphatic carbocycles. The van der Waals surface area contributed by atoms with Crippen molar-refractivity contribution in [3.05, 3.63) is 99.8 Å². The Morgan fingerprint density at radius 1 is 1.07 bits per heavy atom. The number of fused-ring (bicyclic) bond motifs is 1. The third-order valence-electron chi connectivity index (χ3n) is 5.10. The molecule has 2 atom stereocenters. The lowest BCUT2D eigenvalue weighted by atomic mass is 9.91. The molecule has 3 aromatic carbocycles. The molecule has 1 heterocycles. The highest BCUT2D eigenvalue weighted by Crippen LogP contribution is 2.44. The van der Waals surface area contributed by atoms with Crippen LogP contribution in [-0.4, -0.2) is 24.5 Å². The molecule has 3 aromatic rings. The molecule has 1 aliphatic heterocycles. The molecule has 0 bridgehead atoms. The van der Waals surface area contributed by atoms with E-state index < -0.39 is 0 Å². The van der Waals surface area contributed by atoms with Gasteiger partial charge < -0.3 is 10.1 Å². The molecule has 4 nitrogen and oxygen atoms in total. The van der Waals surface area contributed by atoms with Crippen molar-refractivity contribution in [2.45, 2.75) is 12.2 Å². The van der Waals surface area contributed by atoms with Crippen LogP contribution in [0, 0.1) is 5.82 Å². The standard InChI is InChI=1S/C23H20BrFN2O2/c1-29-21(28)14-27-22(15-5-3-2-4-6-15)19-13-17(24)9-12-20(19)26-23(27)16-7-10-18(25)11-8-16/h2-13,22-23,26H,14H2,1H3/t22-,23-/m1/s1. The van der Waals surface area contributed by atoms with Gasteiger partial charge in [0.1, 0.15) is 12.0 Å². The minimum Gasteiger partial charge on any atom is -0.468 e. The topological polar surface area (TPSA) is 41.6 Å². The minimum absolute atomic E-state index is 0.0804. The van der Waals surface area contributed by atoms with Gasteiger partial charge in [0.25, 0.3) is 0 Å². The number of esters is 1. The second kappa shape index (κ2) is 8.35. The van der Waals surface area contributed by atoms with Crippen molar-refractivity contribution >= 4 is 27.6 Å². The van der Waals surface area contributed by atoms with Gasteiger partial charge in [-0.3, -0.25) is 9.69 Å². The normalized spacial score (nSPS) is 18.6. The van der Waals surface area contributed by atoms with Crippen molar-refractivity contribution in [3.8, 4) is 0 Å². The van der Waals surface area contributed by atoms with Crippen LogP contribution >= 0.6 is 15.9 Å². The highest BCUT2D eigenvalue weighted by Gasteiger charge is 2.37. The summed E-state index contributed by atoms with van der Waals surface area (Å²) in [5.74, 6) is -0.633. The highest BCUT2D eigenvalue weighted by molar-refractivity contribution is 9.10. The van der Waals surface area contributed by atoms with Crippen LogP contribution in [0.4, 0.5) is 10.1 Å². The molecular weight excluding hydrogens is 435 g/mol. The van der Waals surface area contributed by atoms with Gasteiger partial charge in [-0.1, -0.05) is 58.4 Å². The van der Waals surface area contributed by atoms with Crippen molar-refractivity contribution in [2.24, 2.45) is 0 Å². The van der Waals surface area contributed by atoms with E-state index in [9.17, 15) is 9.18 Å². The third kappa shape index (κ3) is 4.04. The average molecular weight is 455 g/mol. The Morgan fingerprint density at radius 3 is 2.48 bits per heavy atom. The Balaban J connectivity index is 1.88. The van der Waals surface area contributed by atoms with Gasteiger partial charge in [0.05, 0.1) is 19.7 Å². The molecule has 0 aromatic heterocycles. The summed E-state index contributed by atoms with van der Waals surface area (Å²) < 4.78 is 19.5. The first-order chi connectivity index (χ1) is 14.1. The van der Waals surface area contributed by atoms with E-state index in [1.807, 2.05) is 47.4 Å². The van der Waals surface area contributed by atoms with Gasteiger partial charge >= 0.3 is 5.97 Å². The van der Waals surface area contributed by atoms with Gasteiger partial charge in [-0.15, -0.1) is 0 Å². The fraction of sp³-hybridized carbons (Fsp3) is 0.174. The highest BCUT2D eigenvalue weighted by atomic mass is 79.9. The Bertz CT molecular complexity index is 1010. The van der Waals surface area contributed by atoms with E-state index in [-0.39, 0.29) is 30.5 Å². The van der Waals surface area contributed by atoms with Crippen molar-refractivity contribution in [1.29, 1.82) is 0 Å². The number of halogens is 2. The summed E-state index contributed by atoms with van der Waals surface area (Å²) in [6, 6.07) is 22.2. The first kappa shape index (κ1) is 19.6. The van der Waals surface area contributed by atoms with Crippen LogP contribution in [0.15, 0.2) is 77.3 Å². The molecule has 1 N–H and O–H groups in total. The number of nitrogens with zero attached hydrogens (tertiary/aromatic N) is 1. The fourth-order valence-electron chi connectivity index (χ4n) is 3.77. The summed E-state index contributed by atoms with van der Waals surface area (Å²) in [4.78, 5) is 14.4. The van der Waals surface area contributed by atoms with E-state index in [4.69, 9.17) is 4.74 Å². The predicted octanol–water partition coefficient (Wildman–Crippen LogP) is 5.28. The zero-order valence-electron chi connectivity index (χ0n) is 15.8. The van der Waals surface area contributed by atoms with E-state index in [0.717, 1.165) is 26.9 Å². The van der Waals surface area contributed by atoms with E-state index in [1.165, 1.54) is 19.2 Å². The fourth-order valence-corrected chi connectivity index (χ4v) is 4.15. The second-order valence-corrected chi connectivity index (χ2v) is 7.81. The second-order valence-electron chi connectivity index (χ2n) is 6.89. The molecule has 0 saturated heterocycles. The maximum absolute atomic E-state index is 13.5. The van der Waals surface area contributed by atoms with Crippen LogP contribution < -0.4 is 5.32 Å². The monoisotopic (exact) mass is 454 g/mol. The molecule has 148 valence electrons. The van der Waals surface area contributed by atoms with E-state index >= 15 is 0 Å². The lowest BCUT2D eigenvalue weighted by Gasteiger charge is -2.44. The summed E-state index contributed by atoms with van der Waals surface area (Å²) in [5.41, 5.74) is 3.94. The Morgan fingerprint density at radius 2 is 1.79 bits per heavy atom. The SMILES string of the molecule is COC(=O)CN1[C@H](c2ccccc2)c2cc(Br)ccc2N[C@H]1c1ccc(F)cc1. The number of methoxy groups -OCH3 is 1. The molecule has 0 saturated carbocycles. The van der Waals surface area contributed by atoms with Gasteiger partial charge in [0, 0.05) is 10.2 Å². The van der Waals surface area contributed by atoms with Crippen LogP contribution in [0.1, 0.15) is 28.9 Å². The number of hydrogen-bond acceptors (Lipinski definition) is 4. The van der Waals surface area contributed by atoms with Gasteiger partial charge in [-0.2, -0.15) is 0 Å². The summed E-state index contributed by atoms with van der Waals surface area (Å²) in [7, 11) is 1.38. The third-order valence-corrected chi connectivity index (χ3v) is 5.60. The van der Waals surface area contributed by atoms with Gasteiger partial charge in [0.15, 0.2) is 0 Å². The Hall–Kier alpha value is -2.70. The van der Waals surface area contributed by atoms with Crippen molar-refractivity contribution in [1.82, 2.24) is 4.90 Å². The molecule has 0 fully saturated rings. The van der Waals surface area contributed by atoms with Crippen LogP contribution in [0.5, 0.6) is 0 Å². The number of carbonyl (C=O) groups is 1. The summed E-state index contributed by atoms with van der Waals surface area (Å²) in [6.07, 6.45) is -0.325. The lowest BCUT2D eigenvalue weighted by molar-refractivity contribution is -0.143. The molecule has 1 aliphatic rings. The maximum Gasteiger partial charge on any atom is 0.319 e. The van der Waals surface area contributed by atoms with Gasteiger partial charge in [0.2, 0.25) is 0 Å². The molecule has 0 unspecified atom stereocenters. The van der Waals surface area contributed by atoms with Gasteiger partial charge in [-0.05, 0) is 47.0 Å². The zero-order chi connectivity index (χ0) is 20.4. The van der Waals surface area contributed by atoms with Crippen LogP contribution in [0.3, 0.4) is 0 Å². The quantitative estimate of drug-likeness (QED) is 0.544. The zero-order valence-corrected chi connectivity index (χ0v) is 17.4. The van der Waals surface area contributed by atoms with Crippen molar-refractivity contribution in [2.75, 3.05) is 19.0 Å². The van der Waals surface area contributed by atoms with Crippen molar-refractivity contribution in [3.63, 3.8) is 0 Å². The molecular formula is C23H20BrFN2O2. The minimum atomic E-state index is -0.335. The van der Waals surface area contributed by atoms with E-state index in [2.05, 4.69) is 27.3 Å². The first-order valence-electron chi connectivity index (χ1n) is 9.26. The lowest BCUT2D eigenvalue weighted by Crippen LogP contribution is -2.44. The van der Waals surface area contributed by atoms with E-state index in [1.54, 1.807) is 12.1 Å². The number of benzene rings is 3. The van der Waals surface area contributed by atoms with Gasteiger partial charge in [-0.25, -0.2) is 4.39 Å². The van der Waals surface area contributed by atoms with E-state index in [0.29, 0.717) is 0 Å². The average Bonchev–Trinajstić information content (AvgIpc) is 2.74. The number of hydrogen-bond donors (Lipinski definition) is 1. The largest absolute Gasteiger partial charge is 0.468 e. The maximum atomic E-state index is 13.5. The molecule has 29 heavy (non-hydrogen) atoms.